The summed E-state index contributed by atoms with van der Waals surface area (Å²) in [7, 11) is 0. The van der Waals surface area contributed by atoms with Crippen molar-refractivity contribution in [2.75, 3.05) is 6.54 Å². The van der Waals surface area contributed by atoms with Crippen LogP contribution in [0.15, 0.2) is 48.8 Å². The second kappa shape index (κ2) is 10.4. The fourth-order valence-corrected chi connectivity index (χ4v) is 4.21. The van der Waals surface area contributed by atoms with Gasteiger partial charge in [-0.1, -0.05) is 23.7 Å². The molecule has 0 aliphatic carbocycles. The number of ether oxygens (including phenoxy) is 1. The van der Waals surface area contributed by atoms with Gasteiger partial charge >= 0.3 is 0 Å². The van der Waals surface area contributed by atoms with Gasteiger partial charge < -0.3 is 9.64 Å². The van der Waals surface area contributed by atoms with E-state index in [2.05, 4.69) is 10.1 Å². The highest BCUT2D eigenvalue weighted by molar-refractivity contribution is 6.31. The Hall–Kier alpha value is -3.85. The van der Waals surface area contributed by atoms with E-state index < -0.39 is 11.6 Å². The molecule has 0 N–H and O–H groups in total. The Kier molecular flexibility index (Phi) is 7.30. The predicted octanol–water partition coefficient (Wildman–Crippen LogP) is 5.18. The quantitative estimate of drug-likeness (QED) is 0.325. The van der Waals surface area contributed by atoms with E-state index in [1.165, 1.54) is 41.8 Å². The fraction of sp³-hybridized carbons (Fsp3) is 0.231. The first kappa shape index (κ1) is 25.2. The Bertz CT molecular complexity index is 1470. The molecule has 186 valence electrons. The number of halogens is 3. The number of pyridine rings is 1. The number of benzene rings is 2. The van der Waals surface area contributed by atoms with Crippen LogP contribution in [0.5, 0.6) is 5.75 Å². The maximum absolute atomic E-state index is 14.2. The highest BCUT2D eigenvalue weighted by Gasteiger charge is 2.18. The Morgan fingerprint density at radius 3 is 2.58 bits per heavy atom. The van der Waals surface area contributed by atoms with E-state index in [0.717, 1.165) is 6.20 Å². The van der Waals surface area contributed by atoms with Crippen molar-refractivity contribution in [2.24, 2.45) is 0 Å². The number of nitrogens with zero attached hydrogens (tertiary/aromatic N) is 4. The standard InChI is InChI=1S/C26H23ClF2N4O3/c1-15-7-24(33-13-20(29)10-30-33)21-5-4-6-25(26(21)31-15)36-14-22-18(8-19(28)9-23(22)27)12-32(17(3)35)11-16(2)34/h4-10,13H,11-12,14H2,1-3H3. The summed E-state index contributed by atoms with van der Waals surface area (Å²) in [4.78, 5) is 29.6. The number of amides is 1. The summed E-state index contributed by atoms with van der Waals surface area (Å²) >= 11 is 6.37. The molecule has 2 aromatic heterocycles. The van der Waals surface area contributed by atoms with Gasteiger partial charge in [0, 0.05) is 30.1 Å². The van der Waals surface area contributed by atoms with E-state index in [4.69, 9.17) is 16.3 Å². The van der Waals surface area contributed by atoms with Gasteiger partial charge in [-0.3, -0.25) is 9.59 Å². The van der Waals surface area contributed by atoms with Crippen molar-refractivity contribution in [1.29, 1.82) is 0 Å². The van der Waals surface area contributed by atoms with Crippen LogP contribution in [-0.2, 0) is 22.7 Å². The van der Waals surface area contributed by atoms with Crippen molar-refractivity contribution in [3.05, 3.63) is 82.3 Å². The van der Waals surface area contributed by atoms with Gasteiger partial charge in [-0.15, -0.1) is 0 Å². The first-order valence-corrected chi connectivity index (χ1v) is 11.5. The maximum atomic E-state index is 14.2. The third kappa shape index (κ3) is 5.52. The van der Waals surface area contributed by atoms with Crippen LogP contribution >= 0.6 is 11.6 Å². The van der Waals surface area contributed by atoms with Crippen LogP contribution in [-0.4, -0.2) is 37.9 Å². The molecule has 0 radical (unpaired) electrons. The van der Waals surface area contributed by atoms with Gasteiger partial charge in [-0.2, -0.15) is 5.10 Å². The van der Waals surface area contributed by atoms with Gasteiger partial charge in [-0.25, -0.2) is 18.4 Å². The molecule has 0 saturated carbocycles. The molecule has 0 fully saturated rings. The average Bonchev–Trinajstić information content (AvgIpc) is 3.23. The number of Topliss-reactive ketones (excluding diaryl/α,β-unsaturated/α-hetero) is 1. The monoisotopic (exact) mass is 512 g/mol. The molecule has 0 aliphatic heterocycles. The number of ketones is 1. The van der Waals surface area contributed by atoms with Crippen LogP contribution < -0.4 is 4.74 Å². The zero-order valence-corrected chi connectivity index (χ0v) is 20.6. The molecule has 2 aromatic carbocycles. The summed E-state index contributed by atoms with van der Waals surface area (Å²) in [6.07, 6.45) is 2.39. The average molecular weight is 513 g/mol. The minimum absolute atomic E-state index is 0.00695. The molecular weight excluding hydrogens is 490 g/mol. The van der Waals surface area contributed by atoms with Crippen molar-refractivity contribution < 1.29 is 23.1 Å². The molecule has 1 amide bonds. The van der Waals surface area contributed by atoms with Crippen LogP contribution in [0.25, 0.3) is 16.6 Å². The third-order valence-corrected chi connectivity index (χ3v) is 5.89. The van der Waals surface area contributed by atoms with Gasteiger partial charge in [0.05, 0.1) is 29.6 Å². The maximum Gasteiger partial charge on any atom is 0.220 e. The molecule has 4 aromatic rings. The van der Waals surface area contributed by atoms with Gasteiger partial charge in [0.15, 0.2) is 5.82 Å². The lowest BCUT2D eigenvalue weighted by molar-refractivity contribution is -0.133. The molecule has 0 atom stereocenters. The zero-order valence-electron chi connectivity index (χ0n) is 19.9. The van der Waals surface area contributed by atoms with E-state index in [1.807, 2.05) is 6.07 Å². The number of aromatic nitrogens is 3. The summed E-state index contributed by atoms with van der Waals surface area (Å²) < 4.78 is 35.3. The lowest BCUT2D eigenvalue weighted by Gasteiger charge is -2.22. The van der Waals surface area contributed by atoms with Crippen LogP contribution in [0.2, 0.25) is 5.02 Å². The topological polar surface area (TPSA) is 77.3 Å². The van der Waals surface area contributed by atoms with Crippen molar-refractivity contribution in [3.63, 3.8) is 0 Å². The van der Waals surface area contributed by atoms with Gasteiger partial charge in [0.25, 0.3) is 0 Å². The van der Waals surface area contributed by atoms with Crippen LogP contribution in [0.4, 0.5) is 8.78 Å². The van der Waals surface area contributed by atoms with Gasteiger partial charge in [-0.05, 0) is 43.7 Å². The van der Waals surface area contributed by atoms with Crippen molar-refractivity contribution in [2.45, 2.75) is 33.9 Å². The first-order valence-electron chi connectivity index (χ1n) is 11.1. The highest BCUT2D eigenvalue weighted by Crippen LogP contribution is 2.31. The normalized spacial score (nSPS) is 11.1. The number of hydrogen-bond acceptors (Lipinski definition) is 5. The van der Waals surface area contributed by atoms with E-state index >= 15 is 0 Å². The summed E-state index contributed by atoms with van der Waals surface area (Å²) in [5.74, 6) is -1.12. The molecule has 10 heteroatoms. The number of aryl methyl sites for hydroxylation is 1. The lowest BCUT2D eigenvalue weighted by Crippen LogP contribution is -2.33. The first-order chi connectivity index (χ1) is 17.1. The Labute approximate surface area is 211 Å². The number of carbonyl (C=O) groups is 2. The SMILES string of the molecule is CC(=O)CN(Cc1cc(F)cc(Cl)c1COc1cccc2c(-n3cc(F)cn3)cc(C)nc12)C(C)=O. The number of para-hydroxylation sites is 1. The van der Waals surface area contributed by atoms with E-state index in [1.54, 1.807) is 25.1 Å². The van der Waals surface area contributed by atoms with Crippen molar-refractivity contribution in [1.82, 2.24) is 19.7 Å². The molecule has 0 unspecified atom stereocenters. The lowest BCUT2D eigenvalue weighted by atomic mass is 10.1. The van der Waals surface area contributed by atoms with Crippen LogP contribution in [0, 0.1) is 18.6 Å². The largest absolute Gasteiger partial charge is 0.487 e. The van der Waals surface area contributed by atoms with Crippen molar-refractivity contribution in [3.8, 4) is 11.4 Å². The second-order valence-corrected chi connectivity index (χ2v) is 8.84. The Balaban J connectivity index is 1.70. The minimum atomic E-state index is -0.566. The number of fused-ring (bicyclic) bond motifs is 1. The summed E-state index contributed by atoms with van der Waals surface area (Å²) in [6, 6.07) is 9.57. The molecule has 7 nitrogen and oxygen atoms in total. The van der Waals surface area contributed by atoms with E-state index in [9.17, 15) is 18.4 Å². The molecule has 0 saturated heterocycles. The molecule has 4 rings (SSSR count). The molecule has 2 heterocycles. The fourth-order valence-electron chi connectivity index (χ4n) is 3.93. The Morgan fingerprint density at radius 1 is 1.14 bits per heavy atom. The molecule has 0 spiro atoms. The number of carbonyl (C=O) groups excluding carboxylic acids is 2. The smallest absolute Gasteiger partial charge is 0.220 e. The van der Waals surface area contributed by atoms with Crippen molar-refractivity contribution >= 4 is 34.2 Å². The van der Waals surface area contributed by atoms with E-state index in [0.29, 0.717) is 39.2 Å². The molecule has 36 heavy (non-hydrogen) atoms. The van der Waals surface area contributed by atoms with E-state index in [-0.39, 0.29) is 36.4 Å². The molecule has 0 aliphatic rings. The van der Waals surface area contributed by atoms with Crippen LogP contribution in [0.1, 0.15) is 30.7 Å². The predicted molar refractivity (Wildman–Crippen MR) is 131 cm³/mol. The van der Waals surface area contributed by atoms with Gasteiger partial charge in [0.1, 0.15) is 29.5 Å². The second-order valence-electron chi connectivity index (χ2n) is 8.43. The number of rotatable bonds is 8. The summed E-state index contributed by atoms with van der Waals surface area (Å²) in [6.45, 7) is 4.37. The Morgan fingerprint density at radius 2 is 1.92 bits per heavy atom. The minimum Gasteiger partial charge on any atom is -0.487 e. The summed E-state index contributed by atoms with van der Waals surface area (Å²) in [5.41, 5.74) is 2.74. The third-order valence-electron chi connectivity index (χ3n) is 5.55. The summed E-state index contributed by atoms with van der Waals surface area (Å²) in [5, 5.41) is 4.88. The molecule has 0 bridgehead atoms. The van der Waals surface area contributed by atoms with Gasteiger partial charge in [0.2, 0.25) is 5.91 Å². The number of hydrogen-bond donors (Lipinski definition) is 0. The highest BCUT2D eigenvalue weighted by atomic mass is 35.5. The molecular formula is C26H23ClF2N4O3. The zero-order chi connectivity index (χ0) is 26.0. The van der Waals surface area contributed by atoms with Crippen LogP contribution in [0.3, 0.4) is 0 Å².